The van der Waals surface area contributed by atoms with Crippen molar-refractivity contribution in [1.29, 1.82) is 5.26 Å². The van der Waals surface area contributed by atoms with Gasteiger partial charge in [-0.15, -0.1) is 0 Å². The highest BCUT2D eigenvalue weighted by molar-refractivity contribution is 5.60. The summed E-state index contributed by atoms with van der Waals surface area (Å²) >= 11 is 0. The minimum atomic E-state index is -0.412. The standard InChI is InChI=1S/C14H13FN4O/c15-11-4-2-1-3-10(11)13-18-12(9-16)14(20-13)19-7-5-17-6-8-19/h1-4,17H,5-8H2. The third-order valence-electron chi connectivity index (χ3n) is 3.22. The molecular formula is C14H13FN4O. The van der Waals surface area contributed by atoms with Crippen LogP contribution in [0.5, 0.6) is 0 Å². The number of nitrogens with one attached hydrogen (secondary N) is 1. The van der Waals surface area contributed by atoms with Gasteiger partial charge >= 0.3 is 0 Å². The van der Waals surface area contributed by atoms with Gasteiger partial charge in [0.1, 0.15) is 11.9 Å². The molecule has 1 N–H and O–H groups in total. The molecule has 2 aromatic rings. The minimum Gasteiger partial charge on any atom is -0.419 e. The van der Waals surface area contributed by atoms with Crippen molar-refractivity contribution < 1.29 is 8.81 Å². The molecule has 0 atom stereocenters. The maximum absolute atomic E-state index is 13.8. The van der Waals surface area contributed by atoms with E-state index in [2.05, 4.69) is 10.3 Å². The fraction of sp³-hybridized carbons (Fsp3) is 0.286. The Kier molecular flexibility index (Phi) is 3.35. The predicted octanol–water partition coefficient (Wildman–Crippen LogP) is 1.76. The van der Waals surface area contributed by atoms with Crippen molar-refractivity contribution in [3.8, 4) is 17.5 Å². The summed E-state index contributed by atoms with van der Waals surface area (Å²) in [5, 5.41) is 12.4. The summed E-state index contributed by atoms with van der Waals surface area (Å²) in [5.41, 5.74) is 0.468. The van der Waals surface area contributed by atoms with Crippen LogP contribution in [0, 0.1) is 17.1 Å². The molecular weight excluding hydrogens is 259 g/mol. The van der Waals surface area contributed by atoms with Crippen LogP contribution in [0.2, 0.25) is 0 Å². The lowest BCUT2D eigenvalue weighted by Gasteiger charge is -2.26. The second-order valence-corrected chi connectivity index (χ2v) is 4.50. The van der Waals surface area contributed by atoms with Crippen LogP contribution in [-0.2, 0) is 0 Å². The van der Waals surface area contributed by atoms with E-state index in [1.165, 1.54) is 6.07 Å². The van der Waals surface area contributed by atoms with Crippen molar-refractivity contribution in [1.82, 2.24) is 10.3 Å². The predicted molar refractivity (Wildman–Crippen MR) is 71.7 cm³/mol. The van der Waals surface area contributed by atoms with Crippen LogP contribution < -0.4 is 10.2 Å². The number of hydrogen-bond acceptors (Lipinski definition) is 5. The maximum Gasteiger partial charge on any atom is 0.235 e. The molecule has 5 nitrogen and oxygen atoms in total. The number of hydrogen-bond donors (Lipinski definition) is 1. The lowest BCUT2D eigenvalue weighted by molar-refractivity contribution is 0.509. The average Bonchev–Trinajstić information content (AvgIpc) is 2.92. The first-order valence-electron chi connectivity index (χ1n) is 6.41. The van der Waals surface area contributed by atoms with Gasteiger partial charge in [0, 0.05) is 26.2 Å². The van der Waals surface area contributed by atoms with Crippen LogP contribution in [0.4, 0.5) is 10.3 Å². The second kappa shape index (κ2) is 5.31. The molecule has 1 aliphatic heterocycles. The summed E-state index contributed by atoms with van der Waals surface area (Å²) < 4.78 is 19.4. The van der Waals surface area contributed by atoms with E-state index in [0.29, 0.717) is 5.88 Å². The van der Waals surface area contributed by atoms with Crippen LogP contribution in [0.25, 0.3) is 11.5 Å². The van der Waals surface area contributed by atoms with Crippen molar-refractivity contribution >= 4 is 5.88 Å². The SMILES string of the molecule is N#Cc1nc(-c2ccccc2F)oc1N1CCNCC1. The van der Waals surface area contributed by atoms with E-state index in [1.807, 2.05) is 11.0 Å². The van der Waals surface area contributed by atoms with E-state index < -0.39 is 5.82 Å². The number of anilines is 1. The van der Waals surface area contributed by atoms with Crippen molar-refractivity contribution in [2.45, 2.75) is 0 Å². The fourth-order valence-corrected chi connectivity index (χ4v) is 2.22. The zero-order valence-electron chi connectivity index (χ0n) is 10.8. The van der Waals surface area contributed by atoms with Crippen LogP contribution in [-0.4, -0.2) is 31.2 Å². The van der Waals surface area contributed by atoms with Gasteiger partial charge in [0.25, 0.3) is 0 Å². The second-order valence-electron chi connectivity index (χ2n) is 4.50. The average molecular weight is 272 g/mol. The number of rotatable bonds is 2. The number of nitrogens with zero attached hydrogens (tertiary/aromatic N) is 3. The molecule has 3 rings (SSSR count). The maximum atomic E-state index is 13.8. The molecule has 1 fully saturated rings. The molecule has 1 saturated heterocycles. The summed E-state index contributed by atoms with van der Waals surface area (Å²) in [7, 11) is 0. The van der Waals surface area contributed by atoms with Gasteiger partial charge in [-0.25, -0.2) is 4.39 Å². The highest BCUT2D eigenvalue weighted by Crippen LogP contribution is 2.29. The molecule has 1 aliphatic rings. The topological polar surface area (TPSA) is 65.1 Å². The molecule has 1 aromatic heterocycles. The lowest BCUT2D eigenvalue weighted by Crippen LogP contribution is -2.43. The van der Waals surface area contributed by atoms with Gasteiger partial charge in [0.15, 0.2) is 0 Å². The Morgan fingerprint density at radius 1 is 1.30 bits per heavy atom. The fourth-order valence-electron chi connectivity index (χ4n) is 2.22. The smallest absolute Gasteiger partial charge is 0.235 e. The van der Waals surface area contributed by atoms with Gasteiger partial charge in [-0.05, 0) is 12.1 Å². The number of piperazine rings is 1. The number of halogens is 1. The highest BCUT2D eigenvalue weighted by Gasteiger charge is 2.22. The Morgan fingerprint density at radius 3 is 2.75 bits per heavy atom. The van der Waals surface area contributed by atoms with Crippen LogP contribution >= 0.6 is 0 Å². The van der Waals surface area contributed by atoms with Crippen molar-refractivity contribution in [2.75, 3.05) is 31.1 Å². The minimum absolute atomic E-state index is 0.146. The zero-order chi connectivity index (χ0) is 13.9. The Morgan fingerprint density at radius 2 is 2.05 bits per heavy atom. The lowest BCUT2D eigenvalue weighted by atomic mass is 10.2. The third kappa shape index (κ3) is 2.24. The highest BCUT2D eigenvalue weighted by atomic mass is 19.1. The van der Waals surface area contributed by atoms with Crippen molar-refractivity contribution in [2.24, 2.45) is 0 Å². The largest absolute Gasteiger partial charge is 0.419 e. The summed E-state index contributed by atoms with van der Waals surface area (Å²) in [6, 6.07) is 8.25. The Bertz CT molecular complexity index is 655. The normalized spacial score (nSPS) is 15.1. The molecule has 0 unspecified atom stereocenters. The number of aromatic nitrogens is 1. The molecule has 0 saturated carbocycles. The first kappa shape index (κ1) is 12.6. The molecule has 0 aliphatic carbocycles. The first-order valence-corrected chi connectivity index (χ1v) is 6.41. The van der Waals surface area contributed by atoms with E-state index in [1.54, 1.807) is 18.2 Å². The molecule has 0 spiro atoms. The molecule has 1 aromatic carbocycles. The first-order chi connectivity index (χ1) is 9.79. The Balaban J connectivity index is 2.01. The van der Waals surface area contributed by atoms with Crippen LogP contribution in [0.15, 0.2) is 28.7 Å². The van der Waals surface area contributed by atoms with Gasteiger partial charge in [-0.2, -0.15) is 10.2 Å². The molecule has 20 heavy (non-hydrogen) atoms. The summed E-state index contributed by atoms with van der Waals surface area (Å²) in [6.07, 6.45) is 0. The molecule has 0 bridgehead atoms. The monoisotopic (exact) mass is 272 g/mol. The van der Waals surface area contributed by atoms with Crippen molar-refractivity contribution in [3.63, 3.8) is 0 Å². The van der Waals surface area contributed by atoms with Gasteiger partial charge in [-0.3, -0.25) is 0 Å². The van der Waals surface area contributed by atoms with Gasteiger partial charge in [0.2, 0.25) is 17.5 Å². The Labute approximate surface area is 115 Å². The van der Waals surface area contributed by atoms with E-state index >= 15 is 0 Å². The van der Waals surface area contributed by atoms with Crippen LogP contribution in [0.1, 0.15) is 5.69 Å². The summed E-state index contributed by atoms with van der Waals surface area (Å²) in [5.74, 6) is 0.158. The van der Waals surface area contributed by atoms with Gasteiger partial charge in [0.05, 0.1) is 5.56 Å². The van der Waals surface area contributed by atoms with E-state index in [0.717, 1.165) is 26.2 Å². The molecule has 2 heterocycles. The molecule has 102 valence electrons. The molecule has 6 heteroatoms. The van der Waals surface area contributed by atoms with Crippen LogP contribution in [0.3, 0.4) is 0 Å². The van der Waals surface area contributed by atoms with E-state index in [4.69, 9.17) is 4.42 Å². The molecule has 0 radical (unpaired) electrons. The quantitative estimate of drug-likeness (QED) is 0.902. The number of oxazole rings is 1. The zero-order valence-corrected chi connectivity index (χ0v) is 10.8. The summed E-state index contributed by atoms with van der Waals surface area (Å²) in [6.45, 7) is 3.11. The van der Waals surface area contributed by atoms with E-state index in [-0.39, 0.29) is 17.1 Å². The summed E-state index contributed by atoms with van der Waals surface area (Å²) in [4.78, 5) is 6.06. The van der Waals surface area contributed by atoms with Crippen molar-refractivity contribution in [3.05, 3.63) is 35.8 Å². The third-order valence-corrected chi connectivity index (χ3v) is 3.22. The number of benzene rings is 1. The van der Waals surface area contributed by atoms with Gasteiger partial charge < -0.3 is 14.6 Å². The Hall–Kier alpha value is -2.39. The number of nitriles is 1. The molecule has 0 amide bonds. The van der Waals surface area contributed by atoms with E-state index in [9.17, 15) is 9.65 Å². The van der Waals surface area contributed by atoms with Gasteiger partial charge in [-0.1, -0.05) is 12.1 Å².